The monoisotopic (exact) mass is 383 g/mol. The highest BCUT2D eigenvalue weighted by atomic mass is 16.7. The normalized spacial score (nSPS) is 14.4. The number of non-ortho nitro benzene ring substituents is 1. The van der Waals surface area contributed by atoms with Crippen molar-refractivity contribution in [3.63, 3.8) is 0 Å². The lowest BCUT2D eigenvalue weighted by Crippen LogP contribution is -2.12. The van der Waals surface area contributed by atoms with E-state index in [9.17, 15) is 14.9 Å². The number of benzene rings is 2. The third kappa shape index (κ3) is 3.88. The minimum absolute atomic E-state index is 0.0121. The Hall–Kier alpha value is -3.23. The Morgan fingerprint density at radius 3 is 2.54 bits per heavy atom. The second-order valence-corrected chi connectivity index (χ2v) is 6.25. The molecule has 144 valence electrons. The maximum absolute atomic E-state index is 12.0. The Morgan fingerprint density at radius 1 is 1.07 bits per heavy atom. The molecule has 4 rings (SSSR count). The van der Waals surface area contributed by atoms with Crippen LogP contribution in [0.15, 0.2) is 57.7 Å². The molecule has 0 N–H and O–H groups in total. The van der Waals surface area contributed by atoms with E-state index < -0.39 is 10.5 Å². The molecule has 0 atom stereocenters. The smallest absolute Gasteiger partial charge is 0.336 e. The Kier molecular flexibility index (Phi) is 5.05. The third-order valence-corrected chi connectivity index (χ3v) is 4.42. The third-order valence-electron chi connectivity index (χ3n) is 4.42. The molecule has 0 unspecified atom stereocenters. The Bertz CT molecular complexity index is 1050. The summed E-state index contributed by atoms with van der Waals surface area (Å²) in [5, 5.41) is 11.5. The van der Waals surface area contributed by atoms with Crippen LogP contribution in [0, 0.1) is 10.1 Å². The molecule has 1 aromatic heterocycles. The van der Waals surface area contributed by atoms with E-state index in [0.29, 0.717) is 54.1 Å². The number of nitro groups is 1. The highest BCUT2D eigenvalue weighted by molar-refractivity contribution is 5.93. The Morgan fingerprint density at radius 2 is 1.82 bits per heavy atom. The van der Waals surface area contributed by atoms with E-state index in [0.717, 1.165) is 0 Å². The fraction of sp³-hybridized carbons (Fsp3) is 0.250. The van der Waals surface area contributed by atoms with Gasteiger partial charge >= 0.3 is 5.63 Å². The van der Waals surface area contributed by atoms with Crippen molar-refractivity contribution in [2.45, 2.75) is 12.7 Å². The van der Waals surface area contributed by atoms with Gasteiger partial charge in [-0.05, 0) is 35.4 Å². The number of nitro benzene ring substituents is 1. The van der Waals surface area contributed by atoms with Gasteiger partial charge in [0.15, 0.2) is 6.29 Å². The summed E-state index contributed by atoms with van der Waals surface area (Å²) in [6.07, 6.45) is 0.359. The van der Waals surface area contributed by atoms with Crippen LogP contribution in [0.2, 0.25) is 0 Å². The topological polar surface area (TPSA) is 101 Å². The minimum atomic E-state index is -0.509. The molecule has 0 saturated carbocycles. The quantitative estimate of drug-likeness (QED) is 0.365. The van der Waals surface area contributed by atoms with Crippen molar-refractivity contribution in [2.24, 2.45) is 0 Å². The summed E-state index contributed by atoms with van der Waals surface area (Å²) in [4.78, 5) is 22.4. The van der Waals surface area contributed by atoms with E-state index in [-0.39, 0.29) is 12.0 Å². The maximum atomic E-state index is 12.0. The van der Waals surface area contributed by atoms with E-state index in [1.165, 1.54) is 18.2 Å². The highest BCUT2D eigenvalue weighted by Gasteiger charge is 2.16. The number of hydrogen-bond donors (Lipinski definition) is 0. The van der Waals surface area contributed by atoms with Gasteiger partial charge < -0.3 is 18.6 Å². The molecule has 8 heteroatoms. The van der Waals surface area contributed by atoms with Crippen molar-refractivity contribution in [3.05, 3.63) is 69.1 Å². The SMILES string of the molecule is O=c1cc(-c2ccc([N+](=O)[O-])cc2)c2ccc(OCCC3OCCO3)cc2o1. The van der Waals surface area contributed by atoms with Gasteiger partial charge in [0.05, 0.1) is 24.7 Å². The summed E-state index contributed by atoms with van der Waals surface area (Å²) in [6, 6.07) is 12.6. The van der Waals surface area contributed by atoms with Gasteiger partial charge in [0.25, 0.3) is 5.69 Å². The average molecular weight is 383 g/mol. The van der Waals surface area contributed by atoms with Crippen LogP contribution in [0.1, 0.15) is 6.42 Å². The van der Waals surface area contributed by atoms with Gasteiger partial charge in [-0.3, -0.25) is 10.1 Å². The molecule has 0 spiro atoms. The van der Waals surface area contributed by atoms with Crippen LogP contribution in [0.3, 0.4) is 0 Å². The predicted octanol–water partition coefficient (Wildman–Crippen LogP) is 3.51. The lowest BCUT2D eigenvalue weighted by molar-refractivity contribution is -0.384. The first-order chi connectivity index (χ1) is 13.6. The fourth-order valence-electron chi connectivity index (χ4n) is 3.08. The first-order valence-electron chi connectivity index (χ1n) is 8.79. The maximum Gasteiger partial charge on any atom is 0.336 e. The summed E-state index contributed by atoms with van der Waals surface area (Å²) < 4.78 is 21.7. The lowest BCUT2D eigenvalue weighted by Gasteiger charge is -2.11. The van der Waals surface area contributed by atoms with Crippen LogP contribution in [0.4, 0.5) is 5.69 Å². The first kappa shape index (κ1) is 18.1. The summed E-state index contributed by atoms with van der Waals surface area (Å²) in [7, 11) is 0. The molecule has 1 saturated heterocycles. The molecule has 0 aliphatic carbocycles. The average Bonchev–Trinajstić information content (AvgIpc) is 3.20. The standard InChI is InChI=1S/C20H17NO7/c22-19-12-17(13-1-3-14(4-2-13)21(23)24)16-6-5-15(11-18(16)28-19)25-8-7-20-26-9-10-27-20/h1-6,11-12,20H,7-10H2. The van der Waals surface area contributed by atoms with E-state index in [2.05, 4.69) is 0 Å². The summed E-state index contributed by atoms with van der Waals surface area (Å²) >= 11 is 0. The number of hydrogen-bond acceptors (Lipinski definition) is 7. The van der Waals surface area contributed by atoms with Gasteiger partial charge in [-0.2, -0.15) is 0 Å². The summed E-state index contributed by atoms with van der Waals surface area (Å²) in [5.41, 5.74) is 1.19. The second kappa shape index (κ2) is 7.79. The zero-order valence-electron chi connectivity index (χ0n) is 14.8. The second-order valence-electron chi connectivity index (χ2n) is 6.25. The van der Waals surface area contributed by atoms with Crippen molar-refractivity contribution in [2.75, 3.05) is 19.8 Å². The van der Waals surface area contributed by atoms with Crippen LogP contribution in [0.5, 0.6) is 5.75 Å². The highest BCUT2D eigenvalue weighted by Crippen LogP contribution is 2.30. The van der Waals surface area contributed by atoms with Gasteiger partial charge in [0.2, 0.25) is 0 Å². The molecule has 1 fully saturated rings. The first-order valence-corrected chi connectivity index (χ1v) is 8.79. The fourth-order valence-corrected chi connectivity index (χ4v) is 3.08. The number of rotatable bonds is 6. The van der Waals surface area contributed by atoms with Crippen molar-refractivity contribution >= 4 is 16.7 Å². The molecule has 0 bridgehead atoms. The summed E-state index contributed by atoms with van der Waals surface area (Å²) in [5.74, 6) is 0.564. The van der Waals surface area contributed by atoms with Crippen LogP contribution in [0.25, 0.3) is 22.1 Å². The molecule has 2 heterocycles. The van der Waals surface area contributed by atoms with E-state index >= 15 is 0 Å². The summed E-state index contributed by atoms with van der Waals surface area (Å²) in [6.45, 7) is 1.59. The van der Waals surface area contributed by atoms with Gasteiger partial charge in [-0.15, -0.1) is 0 Å². The number of nitrogens with zero attached hydrogens (tertiary/aromatic N) is 1. The largest absolute Gasteiger partial charge is 0.493 e. The lowest BCUT2D eigenvalue weighted by atomic mass is 10.0. The number of ether oxygens (including phenoxy) is 3. The Labute approximate surface area is 159 Å². The zero-order chi connectivity index (χ0) is 19.5. The predicted molar refractivity (Wildman–Crippen MR) is 100 cm³/mol. The Balaban J connectivity index is 1.59. The molecule has 8 nitrogen and oxygen atoms in total. The van der Waals surface area contributed by atoms with Crippen LogP contribution in [-0.4, -0.2) is 31.0 Å². The molecule has 1 aliphatic heterocycles. The van der Waals surface area contributed by atoms with Crippen molar-refractivity contribution in [1.29, 1.82) is 0 Å². The number of fused-ring (bicyclic) bond motifs is 1. The van der Waals surface area contributed by atoms with E-state index in [4.69, 9.17) is 18.6 Å². The zero-order valence-corrected chi connectivity index (χ0v) is 14.8. The van der Waals surface area contributed by atoms with Crippen molar-refractivity contribution < 1.29 is 23.6 Å². The van der Waals surface area contributed by atoms with Crippen LogP contribution in [-0.2, 0) is 9.47 Å². The molecular formula is C20H17NO7. The minimum Gasteiger partial charge on any atom is -0.493 e. The van der Waals surface area contributed by atoms with Crippen molar-refractivity contribution in [3.8, 4) is 16.9 Å². The van der Waals surface area contributed by atoms with Gasteiger partial charge in [0, 0.05) is 36.1 Å². The van der Waals surface area contributed by atoms with Crippen LogP contribution >= 0.6 is 0 Å². The van der Waals surface area contributed by atoms with Gasteiger partial charge in [-0.25, -0.2) is 4.79 Å². The molecule has 1 aliphatic rings. The molecule has 3 aromatic rings. The molecule has 0 amide bonds. The van der Waals surface area contributed by atoms with Crippen LogP contribution < -0.4 is 10.4 Å². The van der Waals surface area contributed by atoms with Gasteiger partial charge in [-0.1, -0.05) is 0 Å². The molecule has 0 radical (unpaired) electrons. The molecule has 2 aromatic carbocycles. The molecule has 28 heavy (non-hydrogen) atoms. The van der Waals surface area contributed by atoms with Crippen molar-refractivity contribution in [1.82, 2.24) is 0 Å². The van der Waals surface area contributed by atoms with E-state index in [1.807, 2.05) is 0 Å². The van der Waals surface area contributed by atoms with Gasteiger partial charge in [0.1, 0.15) is 11.3 Å². The van der Waals surface area contributed by atoms with E-state index in [1.54, 1.807) is 30.3 Å². The molecular weight excluding hydrogens is 366 g/mol.